The zero-order valence-electron chi connectivity index (χ0n) is 6.96. The van der Waals surface area contributed by atoms with Crippen molar-refractivity contribution in [1.29, 1.82) is 0 Å². The number of halogens is 2. The second-order valence-electron chi connectivity index (χ2n) is 2.55. The molecule has 0 bridgehead atoms. The number of ether oxygens (including phenoxy) is 1. The van der Waals surface area contributed by atoms with Crippen molar-refractivity contribution < 1.29 is 13.9 Å². The normalized spacial score (nSPS) is 12.2. The van der Waals surface area contributed by atoms with E-state index in [9.17, 15) is 9.18 Å². The van der Waals surface area contributed by atoms with Gasteiger partial charge in [-0.1, -0.05) is 12.1 Å². The molecule has 0 aliphatic rings. The zero-order chi connectivity index (χ0) is 9.84. The summed E-state index contributed by atoms with van der Waals surface area (Å²) in [6.07, 6.45) is -0.527. The standard InChI is InChI=1S/C9H8ClFO2/c1-6(13-9(10)12)7-3-2-4-8(11)5-7/h2-6H,1H3. The Morgan fingerprint density at radius 3 is 2.85 bits per heavy atom. The first-order chi connectivity index (χ1) is 6.09. The minimum Gasteiger partial charge on any atom is -0.446 e. The molecule has 1 aromatic carbocycles. The molecule has 0 aromatic heterocycles. The fraction of sp³-hybridized carbons (Fsp3) is 0.222. The maximum absolute atomic E-state index is 12.7. The number of carbonyl (C=O) groups excluding carboxylic acids is 1. The van der Waals surface area contributed by atoms with E-state index in [1.54, 1.807) is 19.1 Å². The highest BCUT2D eigenvalue weighted by molar-refractivity contribution is 6.61. The van der Waals surface area contributed by atoms with Crippen LogP contribution in [0.15, 0.2) is 24.3 Å². The van der Waals surface area contributed by atoms with E-state index >= 15 is 0 Å². The van der Waals surface area contributed by atoms with E-state index in [0.717, 1.165) is 0 Å². The lowest BCUT2D eigenvalue weighted by Crippen LogP contribution is -2.01. The average molecular weight is 203 g/mol. The maximum Gasteiger partial charge on any atom is 0.404 e. The van der Waals surface area contributed by atoms with Crippen LogP contribution in [0, 0.1) is 5.82 Å². The highest BCUT2D eigenvalue weighted by Gasteiger charge is 2.09. The van der Waals surface area contributed by atoms with E-state index in [1.807, 2.05) is 0 Å². The molecule has 0 spiro atoms. The molecule has 0 saturated heterocycles. The quantitative estimate of drug-likeness (QED) is 0.688. The highest BCUT2D eigenvalue weighted by atomic mass is 35.5. The van der Waals surface area contributed by atoms with Crippen LogP contribution in [0.3, 0.4) is 0 Å². The number of rotatable bonds is 2. The second kappa shape index (κ2) is 4.23. The van der Waals surface area contributed by atoms with Gasteiger partial charge in [-0.05, 0) is 24.6 Å². The SMILES string of the molecule is CC(OC(=O)Cl)c1cccc(F)c1. The highest BCUT2D eigenvalue weighted by Crippen LogP contribution is 2.18. The topological polar surface area (TPSA) is 26.3 Å². The Morgan fingerprint density at radius 2 is 2.31 bits per heavy atom. The van der Waals surface area contributed by atoms with Gasteiger partial charge in [-0.3, -0.25) is 0 Å². The Morgan fingerprint density at radius 1 is 1.62 bits per heavy atom. The van der Waals surface area contributed by atoms with Gasteiger partial charge >= 0.3 is 5.43 Å². The molecule has 0 N–H and O–H groups in total. The van der Waals surface area contributed by atoms with Crippen molar-refractivity contribution >= 4 is 17.0 Å². The third-order valence-electron chi connectivity index (χ3n) is 1.59. The van der Waals surface area contributed by atoms with Gasteiger partial charge in [0.25, 0.3) is 0 Å². The van der Waals surface area contributed by atoms with Crippen molar-refractivity contribution in [3.05, 3.63) is 35.6 Å². The van der Waals surface area contributed by atoms with Gasteiger partial charge in [-0.25, -0.2) is 9.18 Å². The predicted octanol–water partition coefficient (Wildman–Crippen LogP) is 3.26. The molecule has 0 aliphatic heterocycles. The molecule has 2 nitrogen and oxygen atoms in total. The predicted molar refractivity (Wildman–Crippen MR) is 47.1 cm³/mol. The van der Waals surface area contributed by atoms with Crippen LogP contribution in [0.5, 0.6) is 0 Å². The smallest absolute Gasteiger partial charge is 0.404 e. The van der Waals surface area contributed by atoms with Gasteiger partial charge in [0, 0.05) is 11.6 Å². The Labute approximate surface area is 80.3 Å². The van der Waals surface area contributed by atoms with E-state index in [0.29, 0.717) is 5.56 Å². The fourth-order valence-corrected chi connectivity index (χ4v) is 1.10. The molecule has 1 aromatic rings. The van der Waals surface area contributed by atoms with E-state index in [1.165, 1.54) is 12.1 Å². The van der Waals surface area contributed by atoms with E-state index in [-0.39, 0.29) is 5.82 Å². The summed E-state index contributed by atoms with van der Waals surface area (Å²) >= 11 is 5.01. The molecule has 0 amide bonds. The van der Waals surface area contributed by atoms with Crippen LogP contribution in [-0.4, -0.2) is 5.43 Å². The number of hydrogen-bond acceptors (Lipinski definition) is 2. The van der Waals surface area contributed by atoms with Crippen molar-refractivity contribution in [3.63, 3.8) is 0 Å². The summed E-state index contributed by atoms with van der Waals surface area (Å²) in [4.78, 5) is 10.4. The first-order valence-corrected chi connectivity index (χ1v) is 4.09. The van der Waals surface area contributed by atoms with Crippen molar-refractivity contribution in [2.24, 2.45) is 0 Å². The molecule has 1 atom stereocenters. The molecule has 0 heterocycles. The summed E-state index contributed by atoms with van der Waals surface area (Å²) < 4.78 is 17.3. The molecule has 4 heteroatoms. The molecule has 0 saturated carbocycles. The van der Waals surface area contributed by atoms with Crippen LogP contribution in [0.4, 0.5) is 9.18 Å². The van der Waals surface area contributed by atoms with Gasteiger partial charge in [0.05, 0.1) is 0 Å². The molecule has 0 aliphatic carbocycles. The third kappa shape index (κ3) is 3.03. The van der Waals surface area contributed by atoms with Gasteiger partial charge in [-0.15, -0.1) is 0 Å². The Balaban J connectivity index is 2.76. The van der Waals surface area contributed by atoms with Crippen LogP contribution in [0.2, 0.25) is 0 Å². The zero-order valence-corrected chi connectivity index (χ0v) is 7.72. The Hall–Kier alpha value is -1.09. The minimum atomic E-state index is -0.892. The number of hydrogen-bond donors (Lipinski definition) is 0. The largest absolute Gasteiger partial charge is 0.446 e. The van der Waals surface area contributed by atoms with Crippen molar-refractivity contribution in [3.8, 4) is 0 Å². The Bertz CT molecular complexity index is 314. The van der Waals surface area contributed by atoms with Gasteiger partial charge in [-0.2, -0.15) is 0 Å². The van der Waals surface area contributed by atoms with E-state index < -0.39 is 11.5 Å². The number of carbonyl (C=O) groups is 1. The lowest BCUT2D eigenvalue weighted by Gasteiger charge is -2.10. The van der Waals surface area contributed by atoms with Gasteiger partial charge in [0.15, 0.2) is 0 Å². The number of benzene rings is 1. The molecule has 1 unspecified atom stereocenters. The summed E-state index contributed by atoms with van der Waals surface area (Å²) in [5.74, 6) is -0.366. The second-order valence-corrected chi connectivity index (χ2v) is 2.86. The first kappa shape index (κ1) is 9.99. The van der Waals surface area contributed by atoms with Crippen molar-refractivity contribution in [2.45, 2.75) is 13.0 Å². The van der Waals surface area contributed by atoms with Crippen LogP contribution < -0.4 is 0 Å². The summed E-state index contributed by atoms with van der Waals surface area (Å²) in [5.41, 5.74) is -0.314. The third-order valence-corrected chi connectivity index (χ3v) is 1.68. The summed E-state index contributed by atoms with van der Waals surface area (Å²) in [7, 11) is 0. The molecule has 0 fully saturated rings. The Kier molecular flexibility index (Phi) is 3.25. The van der Waals surface area contributed by atoms with Gasteiger partial charge < -0.3 is 4.74 Å². The molecule has 0 radical (unpaired) electrons. The monoisotopic (exact) mass is 202 g/mol. The lowest BCUT2D eigenvalue weighted by molar-refractivity contribution is 0.132. The molecular formula is C9H8ClFO2. The van der Waals surface area contributed by atoms with Crippen molar-refractivity contribution in [2.75, 3.05) is 0 Å². The first-order valence-electron chi connectivity index (χ1n) is 3.71. The van der Waals surface area contributed by atoms with Crippen LogP contribution in [-0.2, 0) is 4.74 Å². The molecule has 1 rings (SSSR count). The van der Waals surface area contributed by atoms with Gasteiger partial charge in [0.1, 0.15) is 11.9 Å². The molecule has 70 valence electrons. The van der Waals surface area contributed by atoms with Gasteiger partial charge in [0.2, 0.25) is 0 Å². The van der Waals surface area contributed by atoms with E-state index in [4.69, 9.17) is 11.6 Å². The fourth-order valence-electron chi connectivity index (χ4n) is 0.966. The van der Waals surface area contributed by atoms with E-state index in [2.05, 4.69) is 4.74 Å². The minimum absolute atomic E-state index is 0.366. The lowest BCUT2D eigenvalue weighted by atomic mass is 10.1. The molecular weight excluding hydrogens is 195 g/mol. The van der Waals surface area contributed by atoms with Crippen molar-refractivity contribution in [1.82, 2.24) is 0 Å². The summed E-state index contributed by atoms with van der Waals surface area (Å²) in [5, 5.41) is 0. The van der Waals surface area contributed by atoms with Crippen LogP contribution in [0.1, 0.15) is 18.6 Å². The summed E-state index contributed by atoms with van der Waals surface area (Å²) in [6.45, 7) is 1.62. The maximum atomic E-state index is 12.7. The molecule has 13 heavy (non-hydrogen) atoms. The van der Waals surface area contributed by atoms with Crippen LogP contribution >= 0.6 is 11.6 Å². The van der Waals surface area contributed by atoms with Crippen LogP contribution in [0.25, 0.3) is 0 Å². The average Bonchev–Trinajstić information content (AvgIpc) is 2.03. The summed E-state index contributed by atoms with van der Waals surface area (Å²) in [6, 6.07) is 5.82.